The summed E-state index contributed by atoms with van der Waals surface area (Å²) in [5.41, 5.74) is 1.91. The molecule has 2 aromatic rings. The lowest BCUT2D eigenvalue weighted by atomic mass is 9.83. The molecular weight excluding hydrogens is 393 g/mol. The van der Waals surface area contributed by atoms with Crippen molar-refractivity contribution in [1.29, 1.82) is 0 Å². The highest BCUT2D eigenvalue weighted by Crippen LogP contribution is 2.36. The van der Waals surface area contributed by atoms with Gasteiger partial charge in [0.25, 0.3) is 5.56 Å². The van der Waals surface area contributed by atoms with Gasteiger partial charge in [-0.2, -0.15) is 0 Å². The van der Waals surface area contributed by atoms with Crippen molar-refractivity contribution in [2.24, 2.45) is 5.92 Å². The predicted octanol–water partition coefficient (Wildman–Crippen LogP) is 2.76. The number of aromatic nitrogens is 1. The zero-order valence-electron chi connectivity index (χ0n) is 16.5. The second kappa shape index (κ2) is 7.91. The smallest absolute Gasteiger partial charge is 0.275 e. The summed E-state index contributed by atoms with van der Waals surface area (Å²) in [5.74, 6) is 0.333. The molecule has 2 aliphatic rings. The summed E-state index contributed by atoms with van der Waals surface area (Å²) in [5, 5.41) is 0. The van der Waals surface area contributed by atoms with E-state index in [9.17, 15) is 17.6 Å². The maximum atomic E-state index is 13.1. The normalized spacial score (nSPS) is 21.6. The van der Waals surface area contributed by atoms with E-state index in [0.717, 1.165) is 37.3 Å². The molecule has 1 saturated heterocycles. The number of sulfonamides is 1. The van der Waals surface area contributed by atoms with Gasteiger partial charge in [-0.1, -0.05) is 19.1 Å². The molecule has 3 heterocycles. The van der Waals surface area contributed by atoms with E-state index in [2.05, 4.69) is 9.62 Å². The number of hydrogen-bond donors (Lipinski definition) is 1. The molecule has 2 unspecified atom stereocenters. The Bertz CT molecular complexity index is 1050. The lowest BCUT2D eigenvalue weighted by Crippen LogP contribution is -2.47. The van der Waals surface area contributed by atoms with Crippen LogP contribution in [0.15, 0.2) is 41.2 Å². The molecule has 0 radical (unpaired) electrons. The van der Waals surface area contributed by atoms with Gasteiger partial charge in [-0.05, 0) is 48.6 Å². The largest absolute Gasteiger partial charge is 0.310 e. The Morgan fingerprint density at radius 1 is 1.10 bits per heavy atom. The lowest BCUT2D eigenvalue weighted by molar-refractivity contribution is 0.114. The van der Waals surface area contributed by atoms with Crippen LogP contribution >= 0.6 is 0 Å². The first-order chi connectivity index (χ1) is 13.8. The Labute approximate surface area is 170 Å². The number of halogens is 1. The maximum absolute atomic E-state index is 13.1. The van der Waals surface area contributed by atoms with Crippen LogP contribution < -0.4 is 10.3 Å². The molecule has 2 bridgehead atoms. The van der Waals surface area contributed by atoms with Crippen LogP contribution in [0.25, 0.3) is 0 Å². The van der Waals surface area contributed by atoms with Gasteiger partial charge < -0.3 is 4.57 Å². The van der Waals surface area contributed by atoms with Crippen molar-refractivity contribution < 1.29 is 12.8 Å². The molecular formula is C21H26FN3O3S. The van der Waals surface area contributed by atoms with Gasteiger partial charge in [-0.15, -0.1) is 0 Å². The van der Waals surface area contributed by atoms with Crippen molar-refractivity contribution in [3.05, 3.63) is 63.8 Å². The van der Waals surface area contributed by atoms with Gasteiger partial charge in [0.2, 0.25) is 10.0 Å². The summed E-state index contributed by atoms with van der Waals surface area (Å²) >= 11 is 0. The van der Waals surface area contributed by atoms with Gasteiger partial charge in [-0.25, -0.2) is 12.8 Å². The van der Waals surface area contributed by atoms with Gasteiger partial charge in [0.05, 0.1) is 5.75 Å². The van der Waals surface area contributed by atoms with Crippen molar-refractivity contribution in [3.8, 4) is 0 Å². The molecule has 4 rings (SSSR count). The molecule has 6 nitrogen and oxygen atoms in total. The molecule has 1 fully saturated rings. The number of nitrogens with zero attached hydrogens (tertiary/aromatic N) is 2. The molecule has 29 heavy (non-hydrogen) atoms. The number of pyridine rings is 1. The summed E-state index contributed by atoms with van der Waals surface area (Å²) in [6, 6.07) is 10.1. The van der Waals surface area contributed by atoms with Crippen LogP contribution in [0.4, 0.5) is 10.1 Å². The Morgan fingerprint density at radius 3 is 2.59 bits per heavy atom. The first-order valence-electron chi connectivity index (χ1n) is 10.1. The second-order valence-corrected chi connectivity index (χ2v) is 9.97. The van der Waals surface area contributed by atoms with E-state index in [1.54, 1.807) is 17.6 Å². The van der Waals surface area contributed by atoms with E-state index >= 15 is 0 Å². The average molecular weight is 420 g/mol. The molecule has 0 aliphatic carbocycles. The van der Waals surface area contributed by atoms with Crippen LogP contribution in [0.1, 0.15) is 36.9 Å². The van der Waals surface area contributed by atoms with E-state index in [1.165, 1.54) is 12.1 Å². The molecule has 1 N–H and O–H groups in total. The van der Waals surface area contributed by atoms with Gasteiger partial charge in [0, 0.05) is 37.8 Å². The zero-order valence-corrected chi connectivity index (χ0v) is 17.3. The van der Waals surface area contributed by atoms with Crippen LogP contribution in [0, 0.1) is 11.7 Å². The van der Waals surface area contributed by atoms with Crippen LogP contribution in [0.3, 0.4) is 0 Å². The fourth-order valence-corrected chi connectivity index (χ4v) is 5.72. The molecule has 0 amide bonds. The number of piperidine rings is 1. The average Bonchev–Trinajstić information content (AvgIpc) is 2.66. The Kier molecular flexibility index (Phi) is 5.48. The number of fused-ring (bicyclic) bond motifs is 4. The third-order valence-corrected chi connectivity index (χ3v) is 7.21. The number of anilines is 1. The fraction of sp³-hybridized carbons (Fsp3) is 0.476. The highest BCUT2D eigenvalue weighted by Gasteiger charge is 2.35. The fourth-order valence-electron chi connectivity index (χ4n) is 4.59. The molecule has 1 aromatic heterocycles. The molecule has 8 heteroatoms. The third kappa shape index (κ3) is 4.38. The molecule has 0 spiro atoms. The van der Waals surface area contributed by atoms with Crippen molar-refractivity contribution >= 4 is 15.7 Å². The van der Waals surface area contributed by atoms with Crippen LogP contribution in [0.5, 0.6) is 0 Å². The predicted molar refractivity (Wildman–Crippen MR) is 111 cm³/mol. The number of benzene rings is 1. The summed E-state index contributed by atoms with van der Waals surface area (Å²) in [4.78, 5) is 15.3. The standard InChI is InChI=1S/C21H26FN3O3S/c1-2-9-29(27,28)23-19-7-8-20-17-10-16(13-25(20)21(19)26)12-24(14-17)11-15-3-5-18(22)6-4-15/h3-8,16-17,23H,2,9-14H2,1H3. The Balaban J connectivity index is 1.54. The zero-order chi connectivity index (χ0) is 20.6. The SMILES string of the molecule is CCCS(=O)(=O)Nc1ccc2n(c1=O)CC1CC2CN(Cc2ccc(F)cc2)C1. The van der Waals surface area contributed by atoms with E-state index in [4.69, 9.17) is 0 Å². The Morgan fingerprint density at radius 2 is 1.86 bits per heavy atom. The Hall–Kier alpha value is -2.19. The topological polar surface area (TPSA) is 71.4 Å². The van der Waals surface area contributed by atoms with E-state index < -0.39 is 10.0 Å². The van der Waals surface area contributed by atoms with Crippen molar-refractivity contribution in [2.45, 2.75) is 38.8 Å². The van der Waals surface area contributed by atoms with Crippen molar-refractivity contribution in [3.63, 3.8) is 0 Å². The summed E-state index contributed by atoms with van der Waals surface area (Å²) in [6.45, 7) is 4.83. The molecule has 156 valence electrons. The van der Waals surface area contributed by atoms with Gasteiger partial charge >= 0.3 is 0 Å². The van der Waals surface area contributed by atoms with Crippen LogP contribution in [-0.2, 0) is 23.1 Å². The molecule has 1 aromatic carbocycles. The van der Waals surface area contributed by atoms with E-state index in [0.29, 0.717) is 18.9 Å². The third-order valence-electron chi connectivity index (χ3n) is 5.74. The number of nitrogens with one attached hydrogen (secondary N) is 1. The molecule has 0 saturated carbocycles. The summed E-state index contributed by atoms with van der Waals surface area (Å²) < 4.78 is 41.5. The van der Waals surface area contributed by atoms with Gasteiger partial charge in [0.15, 0.2) is 0 Å². The van der Waals surface area contributed by atoms with Crippen molar-refractivity contribution in [1.82, 2.24) is 9.47 Å². The molecule has 2 atom stereocenters. The van der Waals surface area contributed by atoms with Crippen LogP contribution in [0.2, 0.25) is 0 Å². The minimum Gasteiger partial charge on any atom is -0.310 e. The van der Waals surface area contributed by atoms with Crippen molar-refractivity contribution in [2.75, 3.05) is 23.6 Å². The quantitative estimate of drug-likeness (QED) is 0.782. The van der Waals surface area contributed by atoms with E-state index in [1.807, 2.05) is 18.2 Å². The van der Waals surface area contributed by atoms with Crippen LogP contribution in [-0.4, -0.2) is 36.7 Å². The van der Waals surface area contributed by atoms with Gasteiger partial charge in [-0.3, -0.25) is 14.4 Å². The maximum Gasteiger partial charge on any atom is 0.275 e. The number of hydrogen-bond acceptors (Lipinski definition) is 4. The van der Waals surface area contributed by atoms with E-state index in [-0.39, 0.29) is 28.7 Å². The minimum absolute atomic E-state index is 0.00220. The monoisotopic (exact) mass is 419 g/mol. The summed E-state index contributed by atoms with van der Waals surface area (Å²) in [6.07, 6.45) is 1.52. The summed E-state index contributed by atoms with van der Waals surface area (Å²) in [7, 11) is -3.50. The number of rotatable bonds is 6. The number of likely N-dealkylation sites (tertiary alicyclic amines) is 1. The first kappa shape index (κ1) is 20.1. The highest BCUT2D eigenvalue weighted by molar-refractivity contribution is 7.92. The highest BCUT2D eigenvalue weighted by atomic mass is 32.2. The van der Waals surface area contributed by atoms with Gasteiger partial charge in [0.1, 0.15) is 11.5 Å². The second-order valence-electron chi connectivity index (χ2n) is 8.13. The minimum atomic E-state index is -3.50. The first-order valence-corrected chi connectivity index (χ1v) is 11.7. The lowest BCUT2D eigenvalue weighted by Gasteiger charge is -2.43. The molecule has 2 aliphatic heterocycles.